The number of fused-ring (bicyclic) bond motifs is 1. The quantitative estimate of drug-likeness (QED) is 0.693. The molecule has 0 saturated carbocycles. The number of carboxylic acids is 1. The van der Waals surface area contributed by atoms with Crippen LogP contribution >= 0.6 is 0 Å². The number of nitrogens with one attached hydrogen (secondary N) is 1. The summed E-state index contributed by atoms with van der Waals surface area (Å²) in [7, 11) is 0. The summed E-state index contributed by atoms with van der Waals surface area (Å²) in [6.45, 7) is 5.16. The van der Waals surface area contributed by atoms with Crippen molar-refractivity contribution in [2.75, 3.05) is 13.2 Å². The molecule has 2 N–H and O–H groups in total. The van der Waals surface area contributed by atoms with E-state index in [0.29, 0.717) is 13.2 Å². The van der Waals surface area contributed by atoms with Gasteiger partial charge in [0.05, 0.1) is 6.61 Å². The highest BCUT2D eigenvalue weighted by atomic mass is 16.5. The molecule has 0 aliphatic heterocycles. The smallest absolute Gasteiger partial charge is 0.320 e. The molecule has 2 atom stereocenters. The number of carboxylic acid groups (broad SMARTS) is 1. The second-order valence-electron chi connectivity index (χ2n) is 5.87. The van der Waals surface area contributed by atoms with Crippen molar-refractivity contribution in [2.24, 2.45) is 5.92 Å². The highest BCUT2D eigenvalue weighted by molar-refractivity contribution is 5.83. The van der Waals surface area contributed by atoms with Gasteiger partial charge in [-0.3, -0.25) is 4.79 Å². The topological polar surface area (TPSA) is 58.6 Å². The predicted molar refractivity (Wildman–Crippen MR) is 92.9 cm³/mol. The predicted octanol–water partition coefficient (Wildman–Crippen LogP) is 3.70. The number of aliphatic carboxylic acids is 1. The lowest BCUT2D eigenvalue weighted by Gasteiger charge is -2.20. The normalized spacial score (nSPS) is 13.7. The minimum Gasteiger partial charge on any atom is -0.494 e. The molecule has 2 rings (SSSR count). The summed E-state index contributed by atoms with van der Waals surface area (Å²) in [5.41, 5.74) is 0. The maximum absolute atomic E-state index is 11.2. The van der Waals surface area contributed by atoms with Crippen molar-refractivity contribution >= 4 is 16.7 Å². The van der Waals surface area contributed by atoms with Gasteiger partial charge in [-0.15, -0.1) is 0 Å². The van der Waals surface area contributed by atoms with Gasteiger partial charge in [0, 0.05) is 0 Å². The van der Waals surface area contributed by atoms with Crippen LogP contribution in [0.2, 0.25) is 0 Å². The number of hydrogen-bond donors (Lipinski definition) is 2. The third-order valence-corrected chi connectivity index (χ3v) is 4.15. The van der Waals surface area contributed by atoms with Crippen LogP contribution in [0, 0.1) is 5.92 Å². The Morgan fingerprint density at radius 3 is 2.65 bits per heavy atom. The summed E-state index contributed by atoms with van der Waals surface area (Å²) < 4.78 is 5.76. The maximum Gasteiger partial charge on any atom is 0.320 e. The van der Waals surface area contributed by atoms with Crippen LogP contribution in [0.3, 0.4) is 0 Å². The second kappa shape index (κ2) is 8.53. The molecule has 2 aromatic rings. The molecule has 0 spiro atoms. The first-order chi connectivity index (χ1) is 11.1. The molecular formula is C19H25NO3. The first kappa shape index (κ1) is 17.3. The van der Waals surface area contributed by atoms with E-state index in [1.165, 1.54) is 5.39 Å². The Morgan fingerprint density at radius 1 is 1.22 bits per heavy atom. The molecule has 0 fully saturated rings. The zero-order chi connectivity index (χ0) is 16.7. The average Bonchev–Trinajstić information content (AvgIpc) is 2.57. The van der Waals surface area contributed by atoms with Gasteiger partial charge in [-0.25, -0.2) is 0 Å². The Labute approximate surface area is 137 Å². The summed E-state index contributed by atoms with van der Waals surface area (Å²) >= 11 is 0. The fourth-order valence-electron chi connectivity index (χ4n) is 2.54. The van der Waals surface area contributed by atoms with Gasteiger partial charge >= 0.3 is 5.97 Å². The third-order valence-electron chi connectivity index (χ3n) is 4.15. The summed E-state index contributed by atoms with van der Waals surface area (Å²) in [5, 5.41) is 14.7. The van der Waals surface area contributed by atoms with Crippen LogP contribution in [0.4, 0.5) is 0 Å². The van der Waals surface area contributed by atoms with Crippen LogP contribution in [0.25, 0.3) is 10.8 Å². The molecular weight excluding hydrogens is 290 g/mol. The summed E-state index contributed by atoms with van der Waals surface area (Å²) in [6, 6.07) is 13.7. The van der Waals surface area contributed by atoms with Gasteiger partial charge in [0.2, 0.25) is 0 Å². The number of benzene rings is 2. The molecule has 4 nitrogen and oxygen atoms in total. The van der Waals surface area contributed by atoms with E-state index >= 15 is 0 Å². The van der Waals surface area contributed by atoms with Crippen molar-refractivity contribution in [3.05, 3.63) is 42.5 Å². The number of hydrogen-bond acceptors (Lipinski definition) is 3. The standard InChI is InChI=1S/C19H25NO3/c1-3-14(2)18(19(21)22)20-11-6-12-23-17-10-9-15-7-4-5-8-16(15)13-17/h4-5,7-10,13-14,18,20H,3,6,11-12H2,1-2H3,(H,21,22)/t14-,18-/m0/s1. The summed E-state index contributed by atoms with van der Waals surface area (Å²) in [6.07, 6.45) is 1.62. The molecule has 0 radical (unpaired) electrons. The van der Waals surface area contributed by atoms with Gasteiger partial charge < -0.3 is 15.2 Å². The molecule has 0 aliphatic rings. The van der Waals surface area contributed by atoms with Gasteiger partial charge in [0.25, 0.3) is 0 Å². The van der Waals surface area contributed by atoms with Crippen LogP contribution in [-0.2, 0) is 4.79 Å². The van der Waals surface area contributed by atoms with E-state index < -0.39 is 12.0 Å². The number of carbonyl (C=O) groups is 1. The first-order valence-electron chi connectivity index (χ1n) is 8.19. The van der Waals surface area contributed by atoms with Crippen LogP contribution < -0.4 is 10.1 Å². The van der Waals surface area contributed by atoms with E-state index in [1.54, 1.807) is 0 Å². The first-order valence-corrected chi connectivity index (χ1v) is 8.19. The Hall–Kier alpha value is -2.07. The molecule has 0 heterocycles. The number of ether oxygens (including phenoxy) is 1. The summed E-state index contributed by atoms with van der Waals surface area (Å²) in [4.78, 5) is 11.2. The van der Waals surface area contributed by atoms with E-state index in [-0.39, 0.29) is 5.92 Å². The lowest BCUT2D eigenvalue weighted by Crippen LogP contribution is -2.42. The van der Waals surface area contributed by atoms with Crippen LogP contribution in [0.15, 0.2) is 42.5 Å². The minimum atomic E-state index is -0.783. The summed E-state index contributed by atoms with van der Waals surface area (Å²) in [5.74, 6) is 0.184. The van der Waals surface area contributed by atoms with E-state index in [1.807, 2.05) is 44.2 Å². The second-order valence-corrected chi connectivity index (χ2v) is 5.87. The molecule has 0 unspecified atom stereocenters. The van der Waals surface area contributed by atoms with Crippen molar-refractivity contribution in [1.29, 1.82) is 0 Å². The molecule has 0 aliphatic carbocycles. The van der Waals surface area contributed by atoms with Gasteiger partial charge in [0.15, 0.2) is 0 Å². The largest absolute Gasteiger partial charge is 0.494 e. The molecule has 0 aromatic heterocycles. The monoisotopic (exact) mass is 315 g/mol. The zero-order valence-corrected chi connectivity index (χ0v) is 13.8. The molecule has 0 saturated heterocycles. The van der Waals surface area contributed by atoms with Gasteiger partial charge in [-0.05, 0) is 41.8 Å². The lowest BCUT2D eigenvalue weighted by atomic mass is 9.99. The third kappa shape index (κ3) is 4.96. The van der Waals surface area contributed by atoms with Gasteiger partial charge in [0.1, 0.15) is 11.8 Å². The van der Waals surface area contributed by atoms with E-state index in [2.05, 4.69) is 17.4 Å². The molecule has 124 valence electrons. The number of rotatable bonds is 9. The zero-order valence-electron chi connectivity index (χ0n) is 13.8. The van der Waals surface area contributed by atoms with Crippen molar-refractivity contribution in [2.45, 2.75) is 32.7 Å². The van der Waals surface area contributed by atoms with Crippen LogP contribution in [0.1, 0.15) is 26.7 Å². The molecule has 23 heavy (non-hydrogen) atoms. The van der Waals surface area contributed by atoms with Gasteiger partial charge in [-0.1, -0.05) is 50.6 Å². The molecule has 2 aromatic carbocycles. The SMILES string of the molecule is CC[C@H](C)[C@H](NCCCOc1ccc2ccccc2c1)C(=O)O. The highest BCUT2D eigenvalue weighted by Gasteiger charge is 2.22. The van der Waals surface area contributed by atoms with E-state index in [0.717, 1.165) is 24.0 Å². The fourth-order valence-corrected chi connectivity index (χ4v) is 2.54. The van der Waals surface area contributed by atoms with Crippen LogP contribution in [-0.4, -0.2) is 30.3 Å². The molecule has 0 bridgehead atoms. The Morgan fingerprint density at radius 2 is 1.96 bits per heavy atom. The van der Waals surface area contributed by atoms with Crippen LogP contribution in [0.5, 0.6) is 5.75 Å². The fraction of sp³-hybridized carbons (Fsp3) is 0.421. The molecule has 4 heteroatoms. The van der Waals surface area contributed by atoms with Crippen molar-refractivity contribution in [3.8, 4) is 5.75 Å². The average molecular weight is 315 g/mol. The lowest BCUT2D eigenvalue weighted by molar-refractivity contribution is -0.140. The highest BCUT2D eigenvalue weighted by Crippen LogP contribution is 2.20. The van der Waals surface area contributed by atoms with E-state index in [4.69, 9.17) is 4.74 Å². The van der Waals surface area contributed by atoms with E-state index in [9.17, 15) is 9.90 Å². The van der Waals surface area contributed by atoms with Crippen molar-refractivity contribution in [1.82, 2.24) is 5.32 Å². The Bertz CT molecular complexity index is 641. The Balaban J connectivity index is 1.77. The Kier molecular flexibility index (Phi) is 6.41. The maximum atomic E-state index is 11.2. The van der Waals surface area contributed by atoms with Gasteiger partial charge in [-0.2, -0.15) is 0 Å². The minimum absolute atomic E-state index is 0.119. The van der Waals surface area contributed by atoms with Crippen molar-refractivity contribution < 1.29 is 14.6 Å². The van der Waals surface area contributed by atoms with Crippen molar-refractivity contribution in [3.63, 3.8) is 0 Å². The molecule has 0 amide bonds.